The fourth-order valence-electron chi connectivity index (χ4n) is 3.08. The Labute approximate surface area is 134 Å². The number of hydrogen-bond donors (Lipinski definition) is 0. The highest BCUT2D eigenvalue weighted by molar-refractivity contribution is 5.39. The molecule has 0 N–H and O–H groups in total. The van der Waals surface area contributed by atoms with Crippen molar-refractivity contribution >= 4 is 0 Å². The van der Waals surface area contributed by atoms with Gasteiger partial charge in [-0.05, 0) is 63.5 Å². The zero-order valence-electron chi connectivity index (χ0n) is 14.0. The van der Waals surface area contributed by atoms with Crippen molar-refractivity contribution in [3.05, 3.63) is 23.3 Å². The Morgan fingerprint density at radius 1 is 0.818 bits per heavy atom. The van der Waals surface area contributed by atoms with E-state index in [-0.39, 0.29) is 12.2 Å². The van der Waals surface area contributed by atoms with Gasteiger partial charge in [0.15, 0.2) is 0 Å². The molecule has 0 radical (unpaired) electrons. The van der Waals surface area contributed by atoms with Gasteiger partial charge in [-0.2, -0.15) is 0 Å². The molecular formula is C18H30O4. The molecule has 22 heavy (non-hydrogen) atoms. The Balaban J connectivity index is 2.00. The van der Waals surface area contributed by atoms with E-state index >= 15 is 0 Å². The summed E-state index contributed by atoms with van der Waals surface area (Å²) in [5.74, 6) is 0. The lowest BCUT2D eigenvalue weighted by Crippen LogP contribution is -2.29. The quantitative estimate of drug-likeness (QED) is 0.477. The van der Waals surface area contributed by atoms with Crippen LogP contribution in [0.3, 0.4) is 0 Å². The molecule has 4 heteroatoms. The van der Waals surface area contributed by atoms with Crippen molar-refractivity contribution < 1.29 is 18.9 Å². The smallest absolute Gasteiger partial charge is 0.147 e. The molecule has 0 bridgehead atoms. The van der Waals surface area contributed by atoms with Crippen LogP contribution in [-0.4, -0.2) is 39.0 Å². The van der Waals surface area contributed by atoms with Crippen LogP contribution in [0.15, 0.2) is 23.3 Å². The van der Waals surface area contributed by atoms with E-state index in [1.807, 2.05) is 13.8 Å². The highest BCUT2D eigenvalue weighted by Crippen LogP contribution is 2.34. The second-order valence-electron chi connectivity index (χ2n) is 5.71. The molecule has 0 saturated heterocycles. The molecule has 0 saturated carbocycles. The fraction of sp³-hybridized carbons (Fsp3) is 0.778. The van der Waals surface area contributed by atoms with Gasteiger partial charge in [0.1, 0.15) is 13.6 Å². The lowest BCUT2D eigenvalue weighted by atomic mass is 9.84. The molecule has 0 spiro atoms. The van der Waals surface area contributed by atoms with Gasteiger partial charge in [0, 0.05) is 13.2 Å². The Morgan fingerprint density at radius 3 is 1.68 bits per heavy atom. The van der Waals surface area contributed by atoms with Crippen LogP contribution < -0.4 is 0 Å². The van der Waals surface area contributed by atoms with Gasteiger partial charge in [-0.15, -0.1) is 0 Å². The molecule has 2 rings (SSSR count). The topological polar surface area (TPSA) is 36.9 Å². The van der Waals surface area contributed by atoms with Crippen LogP contribution in [-0.2, 0) is 18.9 Å². The minimum Gasteiger partial charge on any atom is -0.356 e. The van der Waals surface area contributed by atoms with Crippen LogP contribution in [0.25, 0.3) is 0 Å². The molecule has 126 valence electrons. The summed E-state index contributed by atoms with van der Waals surface area (Å²) in [6.45, 7) is 6.10. The number of rotatable bonds is 9. The third-order valence-electron chi connectivity index (χ3n) is 4.21. The molecule has 0 fully saturated rings. The summed E-state index contributed by atoms with van der Waals surface area (Å²) in [5, 5.41) is 0. The van der Waals surface area contributed by atoms with Gasteiger partial charge >= 0.3 is 0 Å². The summed E-state index contributed by atoms with van der Waals surface area (Å²) in [4.78, 5) is 0. The van der Waals surface area contributed by atoms with Gasteiger partial charge < -0.3 is 18.9 Å². The molecule has 0 aliphatic heterocycles. The van der Waals surface area contributed by atoms with E-state index in [1.165, 1.54) is 24.0 Å². The monoisotopic (exact) mass is 310 g/mol. The van der Waals surface area contributed by atoms with Gasteiger partial charge in [-0.25, -0.2) is 0 Å². The summed E-state index contributed by atoms with van der Waals surface area (Å²) < 4.78 is 22.6. The maximum absolute atomic E-state index is 5.95. The van der Waals surface area contributed by atoms with Gasteiger partial charge in [0.25, 0.3) is 0 Å². The lowest BCUT2D eigenvalue weighted by Gasteiger charge is -2.32. The Hall–Kier alpha value is -0.680. The van der Waals surface area contributed by atoms with Crippen LogP contribution >= 0.6 is 0 Å². The summed E-state index contributed by atoms with van der Waals surface area (Å²) in [6, 6.07) is 0. The minimum atomic E-state index is 0.142. The maximum atomic E-state index is 5.95. The normalized spacial score (nSPS) is 25.7. The second-order valence-corrected chi connectivity index (χ2v) is 5.71. The first-order valence-electron chi connectivity index (χ1n) is 8.66. The molecule has 0 aromatic heterocycles. The maximum Gasteiger partial charge on any atom is 0.147 e. The number of allylic oxidation sites excluding steroid dienone is 2. The number of ether oxygens (including phenoxy) is 4. The summed E-state index contributed by atoms with van der Waals surface area (Å²) >= 11 is 0. The van der Waals surface area contributed by atoms with Crippen LogP contribution in [0.4, 0.5) is 0 Å². The Bertz CT molecular complexity index is 339. The molecule has 0 unspecified atom stereocenters. The van der Waals surface area contributed by atoms with Crippen molar-refractivity contribution in [3.8, 4) is 0 Å². The number of hydrogen-bond acceptors (Lipinski definition) is 4. The van der Waals surface area contributed by atoms with Gasteiger partial charge in [-0.3, -0.25) is 0 Å². The molecule has 4 nitrogen and oxygen atoms in total. The SMILES string of the molecule is CCOCO[C@H]1CCCC=C1C1=CCCC[C@H]1OCOCC. The van der Waals surface area contributed by atoms with E-state index < -0.39 is 0 Å². The summed E-state index contributed by atoms with van der Waals surface area (Å²) in [7, 11) is 0. The van der Waals surface area contributed by atoms with Crippen molar-refractivity contribution in [2.24, 2.45) is 0 Å². The van der Waals surface area contributed by atoms with Crippen LogP contribution in [0, 0.1) is 0 Å². The van der Waals surface area contributed by atoms with E-state index in [4.69, 9.17) is 18.9 Å². The van der Waals surface area contributed by atoms with E-state index in [2.05, 4.69) is 12.2 Å². The first kappa shape index (κ1) is 17.7. The molecule has 2 atom stereocenters. The third-order valence-corrected chi connectivity index (χ3v) is 4.21. The van der Waals surface area contributed by atoms with Crippen molar-refractivity contribution in [3.63, 3.8) is 0 Å². The minimum absolute atomic E-state index is 0.142. The first-order chi connectivity index (χ1) is 10.9. The third kappa shape index (κ3) is 5.20. The largest absolute Gasteiger partial charge is 0.356 e. The van der Waals surface area contributed by atoms with Crippen molar-refractivity contribution in [1.82, 2.24) is 0 Å². The highest BCUT2D eigenvalue weighted by Gasteiger charge is 2.28. The molecule has 0 heterocycles. The molecule has 2 aliphatic carbocycles. The van der Waals surface area contributed by atoms with E-state index in [0.717, 1.165) is 25.7 Å². The lowest BCUT2D eigenvalue weighted by molar-refractivity contribution is -0.0866. The van der Waals surface area contributed by atoms with E-state index in [9.17, 15) is 0 Å². The average molecular weight is 310 g/mol. The molecule has 2 aliphatic rings. The van der Waals surface area contributed by atoms with Crippen molar-refractivity contribution in [1.29, 1.82) is 0 Å². The van der Waals surface area contributed by atoms with Crippen molar-refractivity contribution in [2.75, 3.05) is 26.8 Å². The van der Waals surface area contributed by atoms with Gasteiger partial charge in [0.05, 0.1) is 12.2 Å². The van der Waals surface area contributed by atoms with Crippen LogP contribution in [0.1, 0.15) is 52.4 Å². The Morgan fingerprint density at radius 2 is 1.27 bits per heavy atom. The summed E-state index contributed by atoms with van der Waals surface area (Å²) in [6.07, 6.45) is 11.7. The molecule has 0 aromatic carbocycles. The van der Waals surface area contributed by atoms with Gasteiger partial charge in [0.2, 0.25) is 0 Å². The van der Waals surface area contributed by atoms with Crippen LogP contribution in [0.5, 0.6) is 0 Å². The first-order valence-corrected chi connectivity index (χ1v) is 8.66. The van der Waals surface area contributed by atoms with Crippen molar-refractivity contribution in [2.45, 2.75) is 64.6 Å². The molecule has 0 amide bonds. The average Bonchev–Trinajstić information content (AvgIpc) is 2.56. The van der Waals surface area contributed by atoms with E-state index in [1.54, 1.807) is 0 Å². The standard InChI is InChI=1S/C18H30O4/c1-3-19-13-21-17-11-7-5-9-15(17)16-10-6-8-12-18(16)22-14-20-4-2/h9-10,17-18H,3-8,11-14H2,1-2H3/t17-,18+. The summed E-state index contributed by atoms with van der Waals surface area (Å²) in [5.41, 5.74) is 2.62. The second kappa shape index (κ2) is 10.2. The van der Waals surface area contributed by atoms with Crippen LogP contribution in [0.2, 0.25) is 0 Å². The predicted octanol–water partition coefficient (Wildman–Crippen LogP) is 3.97. The molecule has 0 aromatic rings. The zero-order chi connectivity index (χ0) is 15.6. The Kier molecular flexibility index (Phi) is 8.16. The van der Waals surface area contributed by atoms with E-state index in [0.29, 0.717) is 26.8 Å². The zero-order valence-corrected chi connectivity index (χ0v) is 14.0. The van der Waals surface area contributed by atoms with Gasteiger partial charge in [-0.1, -0.05) is 12.2 Å². The fourth-order valence-corrected chi connectivity index (χ4v) is 3.08. The predicted molar refractivity (Wildman–Crippen MR) is 86.6 cm³/mol. The highest BCUT2D eigenvalue weighted by atomic mass is 16.7. The molecular weight excluding hydrogens is 280 g/mol.